The van der Waals surface area contributed by atoms with Gasteiger partial charge in [0.15, 0.2) is 6.61 Å². The molecule has 0 fully saturated rings. The molecular weight excluding hydrogens is 380 g/mol. The highest BCUT2D eigenvalue weighted by Gasteiger charge is 2.11. The van der Waals surface area contributed by atoms with Gasteiger partial charge in [-0.1, -0.05) is 29.8 Å². The predicted molar refractivity (Wildman–Crippen MR) is 115 cm³/mol. The van der Waals surface area contributed by atoms with Gasteiger partial charge >= 0.3 is 0 Å². The number of likely N-dealkylation sites (N-methyl/N-ethyl adjacent to an activating group) is 1. The molecule has 30 heavy (non-hydrogen) atoms. The Labute approximate surface area is 175 Å². The second kappa shape index (κ2) is 9.60. The first-order chi connectivity index (χ1) is 14.4. The second-order valence-corrected chi connectivity index (χ2v) is 6.99. The quantitative estimate of drug-likeness (QED) is 0.617. The van der Waals surface area contributed by atoms with E-state index in [0.29, 0.717) is 23.6 Å². The first-order valence-electron chi connectivity index (χ1n) is 9.51. The Morgan fingerprint density at radius 3 is 2.13 bits per heavy atom. The lowest BCUT2D eigenvalue weighted by Crippen LogP contribution is -2.31. The summed E-state index contributed by atoms with van der Waals surface area (Å²) >= 11 is 0. The Morgan fingerprint density at radius 1 is 0.900 bits per heavy atom. The van der Waals surface area contributed by atoms with E-state index in [1.165, 1.54) is 10.5 Å². The lowest BCUT2D eigenvalue weighted by Gasteiger charge is -2.18. The number of hydrogen-bond acceptors (Lipinski definition) is 4. The van der Waals surface area contributed by atoms with E-state index >= 15 is 0 Å². The molecule has 0 aliphatic carbocycles. The molecule has 0 aromatic heterocycles. The third kappa shape index (κ3) is 5.85. The minimum absolute atomic E-state index is 0.0931. The maximum atomic E-state index is 12.4. The van der Waals surface area contributed by atoms with Crippen LogP contribution in [0.25, 0.3) is 0 Å². The lowest BCUT2D eigenvalue weighted by molar-refractivity contribution is -0.132. The highest BCUT2D eigenvalue weighted by atomic mass is 16.5. The van der Waals surface area contributed by atoms with Gasteiger partial charge < -0.3 is 20.1 Å². The topological polar surface area (TPSA) is 81.9 Å². The SMILES string of the molecule is Cc1ccc(Oc2ccc(OCC(=O)N(C)Cc3cccc(C(N)=O)c3)cc2)cc1. The molecule has 6 heteroatoms. The predicted octanol–water partition coefficient (Wildman–Crippen LogP) is 3.92. The summed E-state index contributed by atoms with van der Waals surface area (Å²) < 4.78 is 11.4. The summed E-state index contributed by atoms with van der Waals surface area (Å²) in [6.45, 7) is 2.28. The number of nitrogens with zero attached hydrogens (tertiary/aromatic N) is 1. The van der Waals surface area contributed by atoms with Gasteiger partial charge in [-0.3, -0.25) is 9.59 Å². The normalized spacial score (nSPS) is 10.3. The average Bonchev–Trinajstić information content (AvgIpc) is 2.74. The zero-order valence-corrected chi connectivity index (χ0v) is 17.0. The van der Waals surface area contributed by atoms with E-state index in [1.54, 1.807) is 49.5 Å². The number of nitrogens with two attached hydrogens (primary N) is 1. The molecule has 0 unspecified atom stereocenters. The van der Waals surface area contributed by atoms with Crippen molar-refractivity contribution in [2.45, 2.75) is 13.5 Å². The standard InChI is InChI=1S/C24H24N2O4/c1-17-6-8-21(9-7-17)30-22-12-10-20(11-13-22)29-16-23(27)26(2)15-18-4-3-5-19(14-18)24(25)28/h3-14H,15-16H2,1-2H3,(H2,25,28). The van der Waals surface area contributed by atoms with Crippen molar-refractivity contribution in [1.82, 2.24) is 4.90 Å². The Balaban J connectivity index is 1.50. The third-order valence-electron chi connectivity index (χ3n) is 4.50. The van der Waals surface area contributed by atoms with Crippen LogP contribution in [0, 0.1) is 6.92 Å². The first kappa shape index (κ1) is 20.9. The van der Waals surface area contributed by atoms with Gasteiger partial charge in [0.25, 0.3) is 5.91 Å². The molecule has 0 radical (unpaired) electrons. The molecule has 0 saturated heterocycles. The summed E-state index contributed by atoms with van der Waals surface area (Å²) in [5, 5.41) is 0. The molecule has 0 heterocycles. The van der Waals surface area contributed by atoms with Crippen LogP contribution in [0.2, 0.25) is 0 Å². The Bertz CT molecular complexity index is 1010. The van der Waals surface area contributed by atoms with E-state index in [1.807, 2.05) is 37.3 Å². The van der Waals surface area contributed by atoms with Crippen LogP contribution < -0.4 is 15.2 Å². The Morgan fingerprint density at radius 2 is 1.50 bits per heavy atom. The molecular formula is C24H24N2O4. The van der Waals surface area contributed by atoms with Gasteiger partial charge in [-0.05, 0) is 61.0 Å². The van der Waals surface area contributed by atoms with Crippen molar-refractivity contribution in [3.8, 4) is 17.2 Å². The minimum Gasteiger partial charge on any atom is -0.484 e. The van der Waals surface area contributed by atoms with Gasteiger partial charge in [0.05, 0.1) is 0 Å². The molecule has 3 rings (SSSR count). The molecule has 0 spiro atoms. The molecule has 0 bridgehead atoms. The molecule has 3 aromatic rings. The molecule has 0 atom stereocenters. The fourth-order valence-electron chi connectivity index (χ4n) is 2.79. The van der Waals surface area contributed by atoms with Crippen molar-refractivity contribution >= 4 is 11.8 Å². The number of rotatable bonds is 8. The maximum absolute atomic E-state index is 12.4. The molecule has 6 nitrogen and oxygen atoms in total. The number of carbonyl (C=O) groups is 2. The molecule has 0 aliphatic rings. The van der Waals surface area contributed by atoms with Crippen molar-refractivity contribution in [3.63, 3.8) is 0 Å². The highest BCUT2D eigenvalue weighted by molar-refractivity contribution is 5.92. The summed E-state index contributed by atoms with van der Waals surface area (Å²) in [6, 6.07) is 21.8. The zero-order chi connectivity index (χ0) is 21.5. The second-order valence-electron chi connectivity index (χ2n) is 6.99. The van der Waals surface area contributed by atoms with Gasteiger partial charge in [-0.25, -0.2) is 0 Å². The Hall–Kier alpha value is -3.80. The molecule has 3 aromatic carbocycles. The number of amides is 2. The van der Waals surface area contributed by atoms with Gasteiger partial charge in [-0.15, -0.1) is 0 Å². The maximum Gasteiger partial charge on any atom is 0.260 e. The summed E-state index contributed by atoms with van der Waals surface area (Å²) in [5.74, 6) is 1.34. The van der Waals surface area contributed by atoms with Crippen LogP contribution in [0.15, 0.2) is 72.8 Å². The van der Waals surface area contributed by atoms with Crippen LogP contribution in [-0.2, 0) is 11.3 Å². The van der Waals surface area contributed by atoms with Crippen molar-refractivity contribution < 1.29 is 19.1 Å². The largest absolute Gasteiger partial charge is 0.484 e. The van der Waals surface area contributed by atoms with E-state index < -0.39 is 5.91 Å². The van der Waals surface area contributed by atoms with E-state index in [0.717, 1.165) is 11.3 Å². The molecule has 2 N–H and O–H groups in total. The van der Waals surface area contributed by atoms with Crippen molar-refractivity contribution in [3.05, 3.63) is 89.5 Å². The number of benzene rings is 3. The third-order valence-corrected chi connectivity index (χ3v) is 4.50. The molecule has 2 amide bonds. The smallest absolute Gasteiger partial charge is 0.260 e. The molecule has 0 saturated carbocycles. The Kier molecular flexibility index (Phi) is 6.70. The fraction of sp³-hybridized carbons (Fsp3) is 0.167. The van der Waals surface area contributed by atoms with E-state index in [9.17, 15) is 9.59 Å². The van der Waals surface area contributed by atoms with Crippen molar-refractivity contribution in [2.75, 3.05) is 13.7 Å². The van der Waals surface area contributed by atoms with Gasteiger partial charge in [0.2, 0.25) is 5.91 Å². The number of aryl methyl sites for hydroxylation is 1. The monoisotopic (exact) mass is 404 g/mol. The van der Waals surface area contributed by atoms with Crippen LogP contribution in [0.5, 0.6) is 17.2 Å². The van der Waals surface area contributed by atoms with Gasteiger partial charge in [0.1, 0.15) is 17.2 Å². The zero-order valence-electron chi connectivity index (χ0n) is 17.0. The first-order valence-corrected chi connectivity index (χ1v) is 9.51. The minimum atomic E-state index is -0.496. The van der Waals surface area contributed by atoms with E-state index in [2.05, 4.69) is 0 Å². The van der Waals surface area contributed by atoms with Crippen LogP contribution in [0.4, 0.5) is 0 Å². The molecule has 0 aliphatic heterocycles. The summed E-state index contributed by atoms with van der Waals surface area (Å²) in [6.07, 6.45) is 0. The average molecular weight is 404 g/mol. The van der Waals surface area contributed by atoms with Crippen LogP contribution in [0.1, 0.15) is 21.5 Å². The van der Waals surface area contributed by atoms with Crippen LogP contribution in [0.3, 0.4) is 0 Å². The highest BCUT2D eigenvalue weighted by Crippen LogP contribution is 2.24. The molecule has 154 valence electrons. The number of primary amides is 1. The van der Waals surface area contributed by atoms with Crippen molar-refractivity contribution in [1.29, 1.82) is 0 Å². The number of carbonyl (C=O) groups excluding carboxylic acids is 2. The number of hydrogen-bond donors (Lipinski definition) is 1. The van der Waals surface area contributed by atoms with Gasteiger partial charge in [0, 0.05) is 19.2 Å². The van der Waals surface area contributed by atoms with Gasteiger partial charge in [-0.2, -0.15) is 0 Å². The van der Waals surface area contributed by atoms with E-state index in [-0.39, 0.29) is 12.5 Å². The summed E-state index contributed by atoms with van der Waals surface area (Å²) in [7, 11) is 1.68. The fourth-order valence-corrected chi connectivity index (χ4v) is 2.79. The van der Waals surface area contributed by atoms with Crippen molar-refractivity contribution in [2.24, 2.45) is 5.73 Å². The lowest BCUT2D eigenvalue weighted by atomic mass is 10.1. The van der Waals surface area contributed by atoms with E-state index in [4.69, 9.17) is 15.2 Å². The van der Waals surface area contributed by atoms with Crippen LogP contribution >= 0.6 is 0 Å². The summed E-state index contributed by atoms with van der Waals surface area (Å²) in [4.78, 5) is 25.2. The summed E-state index contributed by atoms with van der Waals surface area (Å²) in [5.41, 5.74) is 7.70. The van der Waals surface area contributed by atoms with Crippen LogP contribution in [-0.4, -0.2) is 30.4 Å². The number of ether oxygens (including phenoxy) is 2.